The summed E-state index contributed by atoms with van der Waals surface area (Å²) in [6.45, 7) is 3.18. The normalized spacial score (nSPS) is 21.7. The lowest BCUT2D eigenvalue weighted by Gasteiger charge is -2.31. The highest BCUT2D eigenvalue weighted by atomic mass is 79.9. The number of benzene rings is 1. The van der Waals surface area contributed by atoms with Crippen LogP contribution in [0.3, 0.4) is 0 Å². The molecule has 5 heteroatoms. The molecule has 22 heavy (non-hydrogen) atoms. The van der Waals surface area contributed by atoms with Crippen LogP contribution in [0.2, 0.25) is 0 Å². The van der Waals surface area contributed by atoms with Gasteiger partial charge in [0.05, 0.1) is 24.6 Å². The van der Waals surface area contributed by atoms with E-state index >= 15 is 0 Å². The fourth-order valence-electron chi connectivity index (χ4n) is 2.95. The van der Waals surface area contributed by atoms with Crippen LogP contribution >= 0.6 is 15.9 Å². The summed E-state index contributed by atoms with van der Waals surface area (Å²) in [7, 11) is 0. The maximum atomic E-state index is 12.5. The number of hydrogen-bond donors (Lipinski definition) is 1. The highest BCUT2D eigenvalue weighted by Gasteiger charge is 2.21. The van der Waals surface area contributed by atoms with Crippen molar-refractivity contribution in [2.75, 3.05) is 36.5 Å². The van der Waals surface area contributed by atoms with E-state index in [-0.39, 0.29) is 11.8 Å². The largest absolute Gasteiger partial charge is 0.378 e. The van der Waals surface area contributed by atoms with E-state index in [0.29, 0.717) is 0 Å². The summed E-state index contributed by atoms with van der Waals surface area (Å²) < 4.78 is 6.39. The fraction of sp³-hybridized carbons (Fsp3) is 0.471. The molecular weight excluding hydrogens is 344 g/mol. The van der Waals surface area contributed by atoms with E-state index in [2.05, 4.69) is 44.4 Å². The molecule has 1 aromatic carbocycles. The number of morpholine rings is 1. The van der Waals surface area contributed by atoms with Crippen LogP contribution in [0, 0.1) is 5.92 Å². The van der Waals surface area contributed by atoms with E-state index < -0.39 is 0 Å². The first-order valence-electron chi connectivity index (χ1n) is 7.82. The van der Waals surface area contributed by atoms with Gasteiger partial charge >= 0.3 is 0 Å². The number of halogens is 1. The lowest BCUT2D eigenvalue weighted by Crippen LogP contribution is -2.37. The molecule has 1 heterocycles. The summed E-state index contributed by atoms with van der Waals surface area (Å²) >= 11 is 3.50. The highest BCUT2D eigenvalue weighted by Crippen LogP contribution is 2.31. The molecule has 1 N–H and O–H groups in total. The van der Waals surface area contributed by atoms with Crippen molar-refractivity contribution in [2.24, 2.45) is 5.92 Å². The number of nitrogens with zero attached hydrogens (tertiary/aromatic N) is 1. The Balaban J connectivity index is 1.77. The van der Waals surface area contributed by atoms with Gasteiger partial charge in [0.15, 0.2) is 0 Å². The van der Waals surface area contributed by atoms with E-state index in [0.717, 1.165) is 61.4 Å². The molecule has 0 radical (unpaired) electrons. The first-order valence-corrected chi connectivity index (χ1v) is 8.61. The van der Waals surface area contributed by atoms with Crippen molar-refractivity contribution in [2.45, 2.75) is 19.3 Å². The minimum atomic E-state index is 0.0847. The molecule has 1 aliphatic heterocycles. The first kappa shape index (κ1) is 15.6. The molecule has 118 valence electrons. The maximum absolute atomic E-state index is 12.5. The van der Waals surface area contributed by atoms with Gasteiger partial charge in [-0.1, -0.05) is 28.1 Å². The number of carbonyl (C=O) groups excluding carboxylic acids is 1. The second-order valence-electron chi connectivity index (χ2n) is 5.73. The Morgan fingerprint density at radius 3 is 2.82 bits per heavy atom. The lowest BCUT2D eigenvalue weighted by atomic mass is 9.93. The molecule has 1 atom stereocenters. The summed E-state index contributed by atoms with van der Waals surface area (Å²) in [6.07, 6.45) is 7.03. The number of anilines is 2. The molecule has 3 rings (SSSR count). The fourth-order valence-corrected chi connectivity index (χ4v) is 3.32. The quantitative estimate of drug-likeness (QED) is 0.833. The lowest BCUT2D eigenvalue weighted by molar-refractivity contribution is -0.120. The van der Waals surface area contributed by atoms with Crippen molar-refractivity contribution in [3.63, 3.8) is 0 Å². The number of hydrogen-bond acceptors (Lipinski definition) is 3. The van der Waals surface area contributed by atoms with Gasteiger partial charge in [-0.05, 0) is 37.5 Å². The molecular formula is C17H21BrN2O2. The van der Waals surface area contributed by atoms with Crippen LogP contribution in [-0.4, -0.2) is 32.2 Å². The molecule has 0 spiro atoms. The molecule has 1 aromatic rings. The first-order chi connectivity index (χ1) is 10.7. The predicted octanol–water partition coefficient (Wildman–Crippen LogP) is 3.58. The molecule has 0 saturated carbocycles. The Labute approximate surface area is 139 Å². The van der Waals surface area contributed by atoms with E-state index in [1.54, 1.807) is 0 Å². The van der Waals surface area contributed by atoms with E-state index in [9.17, 15) is 4.79 Å². The molecule has 1 aliphatic carbocycles. The van der Waals surface area contributed by atoms with Gasteiger partial charge < -0.3 is 15.0 Å². The molecule has 0 aromatic heterocycles. The van der Waals surface area contributed by atoms with Crippen LogP contribution in [0.25, 0.3) is 0 Å². The molecule has 1 amide bonds. The second kappa shape index (κ2) is 7.29. The Morgan fingerprint density at radius 1 is 1.27 bits per heavy atom. The Hall–Kier alpha value is -1.33. The van der Waals surface area contributed by atoms with Crippen LogP contribution in [0.5, 0.6) is 0 Å². The van der Waals surface area contributed by atoms with Gasteiger partial charge in [-0.15, -0.1) is 0 Å². The van der Waals surface area contributed by atoms with Crippen molar-refractivity contribution in [1.82, 2.24) is 0 Å². The summed E-state index contributed by atoms with van der Waals surface area (Å²) in [5, 5.41) is 3.13. The zero-order valence-corrected chi connectivity index (χ0v) is 14.1. The highest BCUT2D eigenvalue weighted by molar-refractivity contribution is 9.10. The maximum Gasteiger partial charge on any atom is 0.227 e. The average molecular weight is 365 g/mol. The number of carbonyl (C=O) groups is 1. The molecule has 1 saturated heterocycles. The van der Waals surface area contributed by atoms with Gasteiger partial charge in [0.1, 0.15) is 0 Å². The van der Waals surface area contributed by atoms with E-state index in [4.69, 9.17) is 4.74 Å². The Kier molecular flexibility index (Phi) is 5.16. The zero-order valence-electron chi connectivity index (χ0n) is 12.6. The molecule has 2 aliphatic rings. The standard InChI is InChI=1S/C17H21BrN2O2/c18-14-6-7-16(20-8-10-22-11-9-20)15(12-14)19-17(21)13-4-2-1-3-5-13/h1-2,6-7,12-13H,3-5,8-11H2,(H,19,21). The Morgan fingerprint density at radius 2 is 2.09 bits per heavy atom. The van der Waals surface area contributed by atoms with Gasteiger partial charge in [-0.3, -0.25) is 4.79 Å². The average Bonchev–Trinajstić information content (AvgIpc) is 2.56. The third-order valence-corrected chi connectivity index (χ3v) is 4.70. The minimum Gasteiger partial charge on any atom is -0.378 e. The number of nitrogens with one attached hydrogen (secondary N) is 1. The number of amides is 1. The van der Waals surface area contributed by atoms with Crippen molar-refractivity contribution >= 4 is 33.2 Å². The van der Waals surface area contributed by atoms with E-state index in [1.165, 1.54) is 0 Å². The van der Waals surface area contributed by atoms with Crippen LogP contribution in [-0.2, 0) is 9.53 Å². The number of rotatable bonds is 3. The van der Waals surface area contributed by atoms with E-state index in [1.807, 2.05) is 12.1 Å². The van der Waals surface area contributed by atoms with Crippen molar-refractivity contribution in [3.8, 4) is 0 Å². The smallest absolute Gasteiger partial charge is 0.227 e. The summed E-state index contributed by atoms with van der Waals surface area (Å²) in [4.78, 5) is 14.8. The van der Waals surface area contributed by atoms with Crippen LogP contribution in [0.15, 0.2) is 34.8 Å². The van der Waals surface area contributed by atoms with Gasteiger partial charge in [-0.25, -0.2) is 0 Å². The number of ether oxygens (including phenoxy) is 1. The van der Waals surface area contributed by atoms with Gasteiger partial charge in [0.2, 0.25) is 5.91 Å². The summed E-state index contributed by atoms with van der Waals surface area (Å²) in [5.74, 6) is 0.207. The van der Waals surface area contributed by atoms with Crippen LogP contribution < -0.4 is 10.2 Å². The van der Waals surface area contributed by atoms with Gasteiger partial charge in [0.25, 0.3) is 0 Å². The second-order valence-corrected chi connectivity index (χ2v) is 6.65. The van der Waals surface area contributed by atoms with Crippen molar-refractivity contribution in [1.29, 1.82) is 0 Å². The van der Waals surface area contributed by atoms with Crippen molar-refractivity contribution in [3.05, 3.63) is 34.8 Å². The molecule has 1 fully saturated rings. The van der Waals surface area contributed by atoms with Crippen molar-refractivity contribution < 1.29 is 9.53 Å². The summed E-state index contributed by atoms with van der Waals surface area (Å²) in [5.41, 5.74) is 1.96. The third kappa shape index (κ3) is 3.70. The van der Waals surface area contributed by atoms with Crippen LogP contribution in [0.4, 0.5) is 11.4 Å². The predicted molar refractivity (Wildman–Crippen MR) is 92.3 cm³/mol. The zero-order chi connectivity index (χ0) is 15.4. The monoisotopic (exact) mass is 364 g/mol. The third-order valence-electron chi connectivity index (χ3n) is 4.21. The van der Waals surface area contributed by atoms with Gasteiger partial charge in [0, 0.05) is 23.5 Å². The Bertz CT molecular complexity index is 568. The summed E-state index contributed by atoms with van der Waals surface area (Å²) in [6, 6.07) is 6.07. The molecule has 4 nitrogen and oxygen atoms in total. The molecule has 0 bridgehead atoms. The molecule has 1 unspecified atom stereocenters. The van der Waals surface area contributed by atoms with Gasteiger partial charge in [-0.2, -0.15) is 0 Å². The SMILES string of the molecule is O=C(Nc1cc(Br)ccc1N1CCOCC1)C1CC=CCC1. The number of allylic oxidation sites excluding steroid dienone is 2. The topological polar surface area (TPSA) is 41.6 Å². The van der Waals surface area contributed by atoms with Crippen LogP contribution in [0.1, 0.15) is 19.3 Å². The minimum absolute atomic E-state index is 0.0847.